The topological polar surface area (TPSA) is 72.7 Å². The normalized spacial score (nSPS) is 10.7. The van der Waals surface area contributed by atoms with Gasteiger partial charge in [-0.15, -0.1) is 5.10 Å². The third-order valence-electron chi connectivity index (χ3n) is 3.62. The van der Waals surface area contributed by atoms with Gasteiger partial charge in [0.15, 0.2) is 0 Å². The number of aryl methyl sites for hydroxylation is 2. The molecule has 3 rings (SSSR count). The van der Waals surface area contributed by atoms with E-state index >= 15 is 0 Å². The average Bonchev–Trinajstić information content (AvgIpc) is 3.05. The fraction of sp³-hybridized carbons (Fsp3) is 0.176. The minimum absolute atomic E-state index is 0.117. The molecule has 0 unspecified atom stereocenters. The maximum absolute atomic E-state index is 12.2. The number of amides is 1. The lowest BCUT2D eigenvalue weighted by Gasteiger charge is -2.08. The van der Waals surface area contributed by atoms with Crippen LogP contribution < -0.4 is 5.32 Å². The Balaban J connectivity index is 1.65. The number of nitrogens with zero attached hydrogens (tertiary/aromatic N) is 4. The molecule has 0 aliphatic rings. The molecule has 1 heterocycles. The Morgan fingerprint density at radius 3 is 2.80 bits per heavy atom. The van der Waals surface area contributed by atoms with Crippen molar-refractivity contribution in [2.24, 2.45) is 0 Å². The van der Waals surface area contributed by atoms with Crippen molar-refractivity contribution in [2.45, 2.75) is 19.0 Å². The van der Waals surface area contributed by atoms with E-state index in [0.29, 0.717) is 10.2 Å². The quantitative estimate of drug-likeness (QED) is 0.691. The number of hydrogen-bond donors (Lipinski definition) is 1. The van der Waals surface area contributed by atoms with E-state index in [-0.39, 0.29) is 11.7 Å². The van der Waals surface area contributed by atoms with Crippen LogP contribution in [0.2, 0.25) is 5.02 Å². The van der Waals surface area contributed by atoms with Gasteiger partial charge >= 0.3 is 0 Å². The highest BCUT2D eigenvalue weighted by molar-refractivity contribution is 7.99. The van der Waals surface area contributed by atoms with Crippen LogP contribution in [0, 0.1) is 13.8 Å². The van der Waals surface area contributed by atoms with Crippen LogP contribution in [0.3, 0.4) is 0 Å². The van der Waals surface area contributed by atoms with Gasteiger partial charge in [-0.2, -0.15) is 4.68 Å². The van der Waals surface area contributed by atoms with Gasteiger partial charge in [0.2, 0.25) is 11.1 Å². The number of carbonyl (C=O) groups is 1. The summed E-state index contributed by atoms with van der Waals surface area (Å²) in [5.41, 5.74) is 3.85. The molecular formula is C17H16ClN5OS. The highest BCUT2D eigenvalue weighted by Crippen LogP contribution is 2.21. The Bertz CT molecular complexity index is 912. The lowest BCUT2D eigenvalue weighted by atomic mass is 10.1. The van der Waals surface area contributed by atoms with E-state index in [9.17, 15) is 4.79 Å². The van der Waals surface area contributed by atoms with Gasteiger partial charge in [-0.05, 0) is 65.7 Å². The van der Waals surface area contributed by atoms with Crippen molar-refractivity contribution >= 4 is 35.0 Å². The lowest BCUT2D eigenvalue weighted by Crippen LogP contribution is -2.14. The van der Waals surface area contributed by atoms with E-state index in [4.69, 9.17) is 11.6 Å². The van der Waals surface area contributed by atoms with Gasteiger partial charge in [-0.3, -0.25) is 4.79 Å². The summed E-state index contributed by atoms with van der Waals surface area (Å²) < 4.78 is 1.56. The molecule has 1 aromatic heterocycles. The molecule has 8 heteroatoms. The first kappa shape index (κ1) is 17.4. The van der Waals surface area contributed by atoms with Gasteiger partial charge in [-0.1, -0.05) is 35.5 Å². The molecule has 0 radical (unpaired) electrons. The summed E-state index contributed by atoms with van der Waals surface area (Å²) in [5.74, 6) is 0.0855. The molecule has 0 fully saturated rings. The van der Waals surface area contributed by atoms with Crippen LogP contribution in [0.1, 0.15) is 11.1 Å². The van der Waals surface area contributed by atoms with Crippen molar-refractivity contribution in [1.82, 2.24) is 20.2 Å². The first-order valence-corrected chi connectivity index (χ1v) is 8.93. The van der Waals surface area contributed by atoms with Gasteiger partial charge < -0.3 is 5.32 Å². The summed E-state index contributed by atoms with van der Waals surface area (Å²) in [4.78, 5) is 12.2. The maximum Gasteiger partial charge on any atom is 0.234 e. The highest BCUT2D eigenvalue weighted by Gasteiger charge is 2.12. The van der Waals surface area contributed by atoms with E-state index in [2.05, 4.69) is 20.8 Å². The largest absolute Gasteiger partial charge is 0.325 e. The average molecular weight is 374 g/mol. The van der Waals surface area contributed by atoms with Gasteiger partial charge in [0.1, 0.15) is 0 Å². The molecule has 2 aromatic carbocycles. The Morgan fingerprint density at radius 2 is 2.04 bits per heavy atom. The Morgan fingerprint density at radius 1 is 1.20 bits per heavy atom. The fourth-order valence-electron chi connectivity index (χ4n) is 2.19. The first-order chi connectivity index (χ1) is 12.0. The van der Waals surface area contributed by atoms with Crippen molar-refractivity contribution in [2.75, 3.05) is 11.1 Å². The smallest absolute Gasteiger partial charge is 0.234 e. The standard InChI is InChI=1S/C17H16ClN5OS/c1-11-6-7-14(8-12(11)2)19-16(24)10-25-17-20-21-22-23(17)15-5-3-4-13(18)9-15/h3-9H,10H2,1-2H3,(H,19,24). The van der Waals surface area contributed by atoms with Gasteiger partial charge in [0.05, 0.1) is 11.4 Å². The zero-order valence-corrected chi connectivity index (χ0v) is 15.3. The molecule has 1 amide bonds. The summed E-state index contributed by atoms with van der Waals surface area (Å²) in [6.45, 7) is 4.05. The van der Waals surface area contributed by atoms with Gasteiger partial charge in [0.25, 0.3) is 0 Å². The zero-order valence-electron chi connectivity index (χ0n) is 13.7. The van der Waals surface area contributed by atoms with Crippen LogP contribution in [0.15, 0.2) is 47.6 Å². The SMILES string of the molecule is Cc1ccc(NC(=O)CSc2nnnn2-c2cccc(Cl)c2)cc1C. The van der Waals surface area contributed by atoms with Gasteiger partial charge in [0, 0.05) is 10.7 Å². The number of benzene rings is 2. The molecule has 1 N–H and O–H groups in total. The molecule has 0 saturated heterocycles. The number of tetrazole rings is 1. The Hall–Kier alpha value is -2.38. The number of halogens is 1. The predicted molar refractivity (Wildman–Crippen MR) is 99.4 cm³/mol. The highest BCUT2D eigenvalue weighted by atomic mass is 35.5. The monoisotopic (exact) mass is 373 g/mol. The maximum atomic E-state index is 12.2. The van der Waals surface area contributed by atoms with Gasteiger partial charge in [-0.25, -0.2) is 0 Å². The predicted octanol–water partition coefficient (Wildman–Crippen LogP) is 3.66. The molecule has 0 aliphatic heterocycles. The third kappa shape index (κ3) is 4.37. The van der Waals surface area contributed by atoms with E-state index in [1.165, 1.54) is 17.3 Å². The van der Waals surface area contributed by atoms with E-state index in [1.54, 1.807) is 16.8 Å². The second kappa shape index (κ2) is 7.67. The minimum atomic E-state index is -0.117. The van der Waals surface area contributed by atoms with Crippen LogP contribution in [-0.2, 0) is 4.79 Å². The van der Waals surface area contributed by atoms with E-state index in [1.807, 2.05) is 44.2 Å². The number of aromatic nitrogens is 4. The molecule has 0 spiro atoms. The first-order valence-electron chi connectivity index (χ1n) is 7.57. The summed E-state index contributed by atoms with van der Waals surface area (Å²) >= 11 is 7.26. The summed E-state index contributed by atoms with van der Waals surface area (Å²) in [7, 11) is 0. The molecule has 25 heavy (non-hydrogen) atoms. The van der Waals surface area contributed by atoms with Crippen LogP contribution in [0.5, 0.6) is 0 Å². The Kier molecular flexibility index (Phi) is 5.35. The van der Waals surface area contributed by atoms with E-state index in [0.717, 1.165) is 16.9 Å². The van der Waals surface area contributed by atoms with Crippen molar-refractivity contribution in [3.63, 3.8) is 0 Å². The number of nitrogens with one attached hydrogen (secondary N) is 1. The fourth-order valence-corrected chi connectivity index (χ4v) is 3.06. The van der Waals surface area contributed by atoms with Crippen LogP contribution >= 0.6 is 23.4 Å². The molecule has 3 aromatic rings. The van der Waals surface area contributed by atoms with Crippen LogP contribution in [-0.4, -0.2) is 31.9 Å². The minimum Gasteiger partial charge on any atom is -0.325 e. The molecule has 0 atom stereocenters. The molecule has 6 nitrogen and oxygen atoms in total. The lowest BCUT2D eigenvalue weighted by molar-refractivity contribution is -0.113. The van der Waals surface area contributed by atoms with Crippen LogP contribution in [0.25, 0.3) is 5.69 Å². The molecular weight excluding hydrogens is 358 g/mol. The second-order valence-corrected chi connectivity index (χ2v) is 6.87. The summed E-state index contributed by atoms with van der Waals surface area (Å²) in [6.07, 6.45) is 0. The van der Waals surface area contributed by atoms with Crippen molar-refractivity contribution in [1.29, 1.82) is 0 Å². The second-order valence-electron chi connectivity index (χ2n) is 5.49. The summed E-state index contributed by atoms with van der Waals surface area (Å²) in [5, 5.41) is 15.6. The zero-order chi connectivity index (χ0) is 17.8. The number of hydrogen-bond acceptors (Lipinski definition) is 5. The number of thioether (sulfide) groups is 1. The Labute approximate surface area is 154 Å². The van der Waals surface area contributed by atoms with Crippen molar-refractivity contribution in [3.05, 3.63) is 58.6 Å². The molecule has 0 aliphatic carbocycles. The third-order valence-corrected chi connectivity index (χ3v) is 4.77. The summed E-state index contributed by atoms with van der Waals surface area (Å²) in [6, 6.07) is 13.0. The van der Waals surface area contributed by atoms with Crippen LogP contribution in [0.4, 0.5) is 5.69 Å². The number of carbonyl (C=O) groups excluding carboxylic acids is 1. The number of anilines is 1. The van der Waals surface area contributed by atoms with Crippen molar-refractivity contribution < 1.29 is 4.79 Å². The molecule has 128 valence electrons. The number of rotatable bonds is 5. The molecule has 0 bridgehead atoms. The van der Waals surface area contributed by atoms with Crippen molar-refractivity contribution in [3.8, 4) is 5.69 Å². The molecule has 0 saturated carbocycles. The van der Waals surface area contributed by atoms with E-state index < -0.39 is 0 Å².